The van der Waals surface area contributed by atoms with Crippen LogP contribution in [0, 0.1) is 11.3 Å². The predicted molar refractivity (Wildman–Crippen MR) is 98.4 cm³/mol. The Hall–Kier alpha value is -2.49. The minimum atomic E-state index is -0.0736. The molecule has 2 aromatic rings. The Kier molecular flexibility index (Phi) is 4.83. The van der Waals surface area contributed by atoms with E-state index in [1.807, 2.05) is 24.5 Å². The first-order valence-electron chi connectivity index (χ1n) is 9.14. The van der Waals surface area contributed by atoms with Gasteiger partial charge in [0.15, 0.2) is 0 Å². The van der Waals surface area contributed by atoms with Crippen molar-refractivity contribution in [1.29, 1.82) is 5.26 Å². The highest BCUT2D eigenvalue weighted by Gasteiger charge is 2.43. The van der Waals surface area contributed by atoms with Crippen molar-refractivity contribution < 1.29 is 4.74 Å². The molecule has 0 aromatic carbocycles. The zero-order chi connectivity index (χ0) is 17.8. The average Bonchev–Trinajstić information content (AvgIpc) is 3.04. The van der Waals surface area contributed by atoms with Crippen LogP contribution >= 0.6 is 0 Å². The van der Waals surface area contributed by atoms with E-state index < -0.39 is 0 Å². The molecule has 1 N–H and O–H groups in total. The number of anilines is 1. The Balaban J connectivity index is 1.37. The van der Waals surface area contributed by atoms with Gasteiger partial charge in [-0.15, -0.1) is 0 Å². The fraction of sp³-hybridized carbons (Fsp3) is 0.450. The van der Waals surface area contributed by atoms with Gasteiger partial charge in [0.05, 0.1) is 18.2 Å². The van der Waals surface area contributed by atoms with E-state index in [-0.39, 0.29) is 11.6 Å². The van der Waals surface area contributed by atoms with Crippen molar-refractivity contribution in [3.05, 3.63) is 54.0 Å². The van der Waals surface area contributed by atoms with Gasteiger partial charge in [-0.25, -0.2) is 4.98 Å². The standard InChI is InChI=1S/C20H23N5O/c21-12-17-3-1-4-19(23-17)24-18-11-20(26-14-18)7-2-10-25(15-20)13-16-5-8-22-9-6-16/h1,3-6,8-9,18H,2,7,10-11,13-15H2,(H,23,24)/t18-,20-/m1/s1. The van der Waals surface area contributed by atoms with Crippen LogP contribution in [-0.4, -0.2) is 46.2 Å². The lowest BCUT2D eigenvalue weighted by Crippen LogP contribution is -2.47. The molecule has 0 unspecified atom stereocenters. The van der Waals surface area contributed by atoms with Crippen LogP contribution in [0.25, 0.3) is 0 Å². The fourth-order valence-electron chi connectivity index (χ4n) is 4.08. The molecule has 0 amide bonds. The Morgan fingerprint density at radius 2 is 2.19 bits per heavy atom. The highest BCUT2D eigenvalue weighted by molar-refractivity contribution is 5.39. The second-order valence-electron chi connectivity index (χ2n) is 7.23. The maximum Gasteiger partial charge on any atom is 0.142 e. The van der Waals surface area contributed by atoms with Crippen molar-refractivity contribution in [1.82, 2.24) is 14.9 Å². The van der Waals surface area contributed by atoms with Crippen LogP contribution in [0.1, 0.15) is 30.5 Å². The molecule has 6 heteroatoms. The molecule has 0 saturated carbocycles. The molecule has 0 bridgehead atoms. The summed E-state index contributed by atoms with van der Waals surface area (Å²) in [6.07, 6.45) is 6.93. The number of likely N-dealkylation sites (tertiary alicyclic amines) is 1. The van der Waals surface area contributed by atoms with Gasteiger partial charge in [-0.05, 0) is 49.2 Å². The number of nitrogens with zero attached hydrogens (tertiary/aromatic N) is 4. The van der Waals surface area contributed by atoms with E-state index in [2.05, 4.69) is 38.4 Å². The van der Waals surface area contributed by atoms with Gasteiger partial charge in [0.1, 0.15) is 17.6 Å². The van der Waals surface area contributed by atoms with Crippen LogP contribution in [0.15, 0.2) is 42.7 Å². The summed E-state index contributed by atoms with van der Waals surface area (Å²) in [5.74, 6) is 0.749. The van der Waals surface area contributed by atoms with Gasteiger partial charge in [-0.1, -0.05) is 6.07 Å². The van der Waals surface area contributed by atoms with Crippen molar-refractivity contribution in [2.45, 2.75) is 37.5 Å². The molecule has 0 radical (unpaired) electrons. The molecule has 2 saturated heterocycles. The molecule has 1 spiro atoms. The topological polar surface area (TPSA) is 74.1 Å². The quantitative estimate of drug-likeness (QED) is 0.914. The normalized spacial score (nSPS) is 25.9. The first-order chi connectivity index (χ1) is 12.7. The fourth-order valence-corrected chi connectivity index (χ4v) is 4.08. The lowest BCUT2D eigenvalue weighted by atomic mass is 9.88. The minimum Gasteiger partial charge on any atom is -0.371 e. The van der Waals surface area contributed by atoms with Crippen LogP contribution in [0.3, 0.4) is 0 Å². The number of aromatic nitrogens is 2. The van der Waals surface area contributed by atoms with Gasteiger partial charge < -0.3 is 10.1 Å². The molecule has 2 aliphatic heterocycles. The van der Waals surface area contributed by atoms with Crippen molar-refractivity contribution >= 4 is 5.82 Å². The third-order valence-corrected chi connectivity index (χ3v) is 5.20. The van der Waals surface area contributed by atoms with E-state index in [1.165, 1.54) is 5.56 Å². The smallest absolute Gasteiger partial charge is 0.142 e. The first-order valence-corrected chi connectivity index (χ1v) is 9.14. The number of hydrogen-bond donors (Lipinski definition) is 1. The Labute approximate surface area is 153 Å². The van der Waals surface area contributed by atoms with Crippen LogP contribution in [0.2, 0.25) is 0 Å². The van der Waals surface area contributed by atoms with Gasteiger partial charge in [0.2, 0.25) is 0 Å². The van der Waals surface area contributed by atoms with Gasteiger partial charge >= 0.3 is 0 Å². The third kappa shape index (κ3) is 3.85. The molecule has 26 heavy (non-hydrogen) atoms. The van der Waals surface area contributed by atoms with Crippen LogP contribution in [0.4, 0.5) is 5.82 Å². The third-order valence-electron chi connectivity index (χ3n) is 5.20. The molecular formula is C20H23N5O. The maximum atomic E-state index is 9.00. The zero-order valence-electron chi connectivity index (χ0n) is 14.8. The van der Waals surface area contributed by atoms with E-state index in [4.69, 9.17) is 10.00 Å². The molecule has 2 aliphatic rings. The van der Waals surface area contributed by atoms with E-state index in [9.17, 15) is 0 Å². The molecule has 2 atom stereocenters. The van der Waals surface area contributed by atoms with Gasteiger partial charge in [0.25, 0.3) is 0 Å². The lowest BCUT2D eigenvalue weighted by molar-refractivity contribution is -0.0533. The number of rotatable bonds is 4. The highest BCUT2D eigenvalue weighted by Crippen LogP contribution is 2.36. The monoisotopic (exact) mass is 349 g/mol. The summed E-state index contributed by atoms with van der Waals surface area (Å²) >= 11 is 0. The Bertz CT molecular complexity index is 790. The predicted octanol–water partition coefficient (Wildman–Crippen LogP) is 2.58. The number of ether oxygens (including phenoxy) is 1. The second-order valence-corrected chi connectivity index (χ2v) is 7.23. The molecule has 0 aliphatic carbocycles. The average molecular weight is 349 g/mol. The van der Waals surface area contributed by atoms with E-state index in [0.717, 1.165) is 44.7 Å². The summed E-state index contributed by atoms with van der Waals surface area (Å²) in [5, 5.41) is 12.4. The number of hydrogen-bond acceptors (Lipinski definition) is 6. The van der Waals surface area contributed by atoms with Crippen LogP contribution < -0.4 is 5.32 Å². The molecule has 134 valence electrons. The summed E-state index contributed by atoms with van der Waals surface area (Å²) < 4.78 is 6.28. The molecule has 2 fully saturated rings. The second kappa shape index (κ2) is 7.40. The molecular weight excluding hydrogens is 326 g/mol. The first kappa shape index (κ1) is 17.0. The van der Waals surface area contributed by atoms with Crippen molar-refractivity contribution in [3.8, 4) is 6.07 Å². The van der Waals surface area contributed by atoms with Gasteiger partial charge in [-0.2, -0.15) is 5.26 Å². The summed E-state index contributed by atoms with van der Waals surface area (Å²) in [5.41, 5.74) is 1.66. The van der Waals surface area contributed by atoms with Gasteiger partial charge in [0, 0.05) is 31.9 Å². The zero-order valence-corrected chi connectivity index (χ0v) is 14.8. The minimum absolute atomic E-state index is 0.0736. The highest BCUT2D eigenvalue weighted by atomic mass is 16.5. The Morgan fingerprint density at radius 3 is 3.04 bits per heavy atom. The number of nitrogens with one attached hydrogen (secondary N) is 1. The summed E-state index contributed by atoms with van der Waals surface area (Å²) in [6.45, 7) is 3.69. The van der Waals surface area contributed by atoms with E-state index in [1.54, 1.807) is 6.07 Å². The summed E-state index contributed by atoms with van der Waals surface area (Å²) in [6, 6.07) is 12.0. The molecule has 4 rings (SSSR count). The van der Waals surface area contributed by atoms with Gasteiger partial charge in [-0.3, -0.25) is 9.88 Å². The SMILES string of the molecule is N#Cc1cccc(N[C@H]2CO[C@]3(CCCN(Cc4ccncc4)C3)C2)n1. The van der Waals surface area contributed by atoms with Crippen LogP contribution in [0.5, 0.6) is 0 Å². The Morgan fingerprint density at radius 1 is 1.31 bits per heavy atom. The number of pyridine rings is 2. The summed E-state index contributed by atoms with van der Waals surface area (Å²) in [7, 11) is 0. The largest absolute Gasteiger partial charge is 0.371 e. The van der Waals surface area contributed by atoms with Crippen molar-refractivity contribution in [3.63, 3.8) is 0 Å². The molecule has 6 nitrogen and oxygen atoms in total. The number of piperidine rings is 1. The molecule has 4 heterocycles. The maximum absolute atomic E-state index is 9.00. The number of nitriles is 1. The van der Waals surface area contributed by atoms with E-state index in [0.29, 0.717) is 12.3 Å². The lowest BCUT2D eigenvalue weighted by Gasteiger charge is -2.39. The van der Waals surface area contributed by atoms with E-state index >= 15 is 0 Å². The summed E-state index contributed by atoms with van der Waals surface area (Å²) in [4.78, 5) is 10.9. The van der Waals surface area contributed by atoms with Crippen molar-refractivity contribution in [2.24, 2.45) is 0 Å². The van der Waals surface area contributed by atoms with Crippen LogP contribution in [-0.2, 0) is 11.3 Å². The van der Waals surface area contributed by atoms with Crippen molar-refractivity contribution in [2.75, 3.05) is 25.0 Å². The molecule has 2 aromatic heterocycles.